The highest BCUT2D eigenvalue weighted by Gasteiger charge is 2.34. The Labute approximate surface area is 761 Å². The van der Waals surface area contributed by atoms with E-state index in [2.05, 4.69) is 377 Å². The van der Waals surface area contributed by atoms with Gasteiger partial charge in [-0.05, 0) is 221 Å². The first-order chi connectivity index (χ1) is 62.0. The lowest BCUT2D eigenvalue weighted by Crippen LogP contribution is -2.29. The molecule has 0 fully saturated rings. The summed E-state index contributed by atoms with van der Waals surface area (Å²) in [4.78, 5) is 44.0. The van der Waals surface area contributed by atoms with Crippen molar-refractivity contribution in [1.29, 1.82) is 0 Å². The Hall–Kier alpha value is -12.8. The molecule has 0 saturated heterocycles. The highest BCUT2D eigenvalue weighted by atomic mass is 32.2. The van der Waals surface area contributed by atoms with Gasteiger partial charge in [0.25, 0.3) is 11.8 Å². The van der Waals surface area contributed by atoms with Crippen molar-refractivity contribution >= 4 is 89.9 Å². The molecule has 9 nitrogen and oxygen atoms in total. The molecule has 0 saturated carbocycles. The van der Waals surface area contributed by atoms with Crippen molar-refractivity contribution in [1.82, 2.24) is 14.0 Å². The molecule has 2 aromatic heterocycles. The third-order valence-electron chi connectivity index (χ3n) is 24.0. The normalized spacial score (nSPS) is 12.7. The summed E-state index contributed by atoms with van der Waals surface area (Å²) in [7, 11) is 0. The van der Waals surface area contributed by atoms with E-state index < -0.39 is 0 Å². The van der Waals surface area contributed by atoms with Gasteiger partial charge in [0.05, 0.1) is 44.9 Å². The zero-order valence-electron chi connectivity index (χ0n) is 77.5. The van der Waals surface area contributed by atoms with Gasteiger partial charge in [-0.3, -0.25) is 19.3 Å². The smallest absolute Gasteiger partial charge is 0.261 e. The first-order valence-electron chi connectivity index (χ1n) is 45.9. The quantitative estimate of drug-likeness (QED) is 0.0747. The molecule has 0 spiro atoms. The van der Waals surface area contributed by atoms with E-state index in [0.29, 0.717) is 47.3 Å². The van der Waals surface area contributed by atoms with E-state index in [9.17, 15) is 14.4 Å². The molecule has 0 N–H and O–H groups in total. The van der Waals surface area contributed by atoms with Crippen molar-refractivity contribution in [3.05, 3.63) is 419 Å². The second-order valence-electron chi connectivity index (χ2n) is 31.9. The predicted molar refractivity (Wildman–Crippen MR) is 545 cm³/mol. The average molecular weight is 1700 g/mol. The van der Waals surface area contributed by atoms with Gasteiger partial charge in [0.1, 0.15) is 0 Å². The molecular weight excluding hydrogens is 1570 g/mol. The number of ether oxygens (including phenoxy) is 1. The van der Waals surface area contributed by atoms with Crippen LogP contribution in [0.1, 0.15) is 214 Å². The fourth-order valence-corrected chi connectivity index (χ4v) is 16.7. The van der Waals surface area contributed by atoms with Gasteiger partial charge in [0.2, 0.25) is 0 Å². The minimum Gasteiger partial charge on any atom is -0.453 e. The monoisotopic (exact) mass is 1700 g/mol. The Kier molecular flexibility index (Phi) is 38.3. The number of aromatic nitrogens is 2. The van der Waals surface area contributed by atoms with Crippen molar-refractivity contribution in [2.45, 2.75) is 188 Å². The van der Waals surface area contributed by atoms with Gasteiger partial charge in [-0.25, -0.2) is 0 Å². The third-order valence-corrected chi connectivity index (χ3v) is 25.1. The van der Waals surface area contributed by atoms with E-state index >= 15 is 0 Å². The molecule has 0 aliphatic carbocycles. The third kappa shape index (κ3) is 25.5. The van der Waals surface area contributed by atoms with E-state index in [1.54, 1.807) is 31.2 Å². The maximum absolute atomic E-state index is 12.3. The first-order valence-corrected chi connectivity index (χ1v) is 46.8. The van der Waals surface area contributed by atoms with E-state index in [-0.39, 0.29) is 17.2 Å². The van der Waals surface area contributed by atoms with Crippen molar-refractivity contribution in [3.8, 4) is 11.5 Å². The van der Waals surface area contributed by atoms with Gasteiger partial charge >= 0.3 is 0 Å². The highest BCUT2D eigenvalue weighted by molar-refractivity contribution is 7.99. The number of anilines is 4. The Morgan fingerprint density at radius 2 is 0.465 bits per heavy atom. The lowest BCUT2D eigenvalue weighted by atomic mass is 9.99. The Balaban J connectivity index is 0.000000148. The number of carbonyl (C=O) groups excluding carboxylic acids is 2. The van der Waals surface area contributed by atoms with Crippen LogP contribution in [0.25, 0.3) is 43.6 Å². The minimum atomic E-state index is -0.178. The number of fused-ring (bicyclic) bond motifs is 10. The van der Waals surface area contributed by atoms with Crippen LogP contribution in [0.5, 0.6) is 11.5 Å². The number of hydrogen-bond donors (Lipinski definition) is 0. The SMILES string of the molecule is CCC(C)c1ccccc1.CCC(C)c1ccccc1.CCC(C)c1ccccc1.CCC(C)c1ccccc1.CCC(C)c1ccccc1.CCN1C(=O)c2ccccc2C1=O.CCN1c2ccccc2Oc2ccccc21.CCN1c2ccccc2Sc2ccccc21.CCn1c2ccccc2c(=O)c2ccccc21.CCn1c2ccccc2c2ccccc21. The van der Waals surface area contributed by atoms with Crippen molar-refractivity contribution in [2.75, 3.05) is 29.4 Å². The van der Waals surface area contributed by atoms with Crippen molar-refractivity contribution in [2.24, 2.45) is 0 Å². The summed E-state index contributed by atoms with van der Waals surface area (Å²) in [5.74, 6) is 5.06. The zero-order valence-corrected chi connectivity index (χ0v) is 78.3. The van der Waals surface area contributed by atoms with Crippen molar-refractivity contribution < 1.29 is 14.3 Å². The maximum atomic E-state index is 12.3. The molecule has 654 valence electrons. The largest absolute Gasteiger partial charge is 0.453 e. The number of aryl methyl sites for hydroxylation is 2. The molecule has 19 rings (SSSR count). The zero-order chi connectivity index (χ0) is 90.4. The fraction of sp³-hybridized carbons (Fsp3) is 0.256. The van der Waals surface area contributed by atoms with Crippen LogP contribution in [-0.2, 0) is 13.1 Å². The lowest BCUT2D eigenvalue weighted by molar-refractivity contribution is 0.0662. The number of pyridine rings is 1. The molecular formula is C117H131N5O4S. The van der Waals surface area contributed by atoms with Gasteiger partial charge < -0.3 is 23.7 Å². The van der Waals surface area contributed by atoms with E-state index in [4.69, 9.17) is 4.74 Å². The Morgan fingerprint density at radius 1 is 0.236 bits per heavy atom. The minimum absolute atomic E-state index is 0.126. The number of hydrogen-bond acceptors (Lipinski definition) is 7. The summed E-state index contributed by atoms with van der Waals surface area (Å²) in [6.45, 7) is 37.1. The molecule has 3 aliphatic heterocycles. The summed E-state index contributed by atoms with van der Waals surface area (Å²) in [5.41, 5.74) is 18.1. The standard InChI is InChI=1S/C15H13NO.C14H13NO.C14H13NS.C14H13N.C10H9NO2.5C10H14/c1-2-16-13-9-5-3-7-11(13)15(17)12-8-4-6-10-14(12)16;2*1-2-15-11-7-3-5-9-13(11)16-14-10-6-4-8-12(14)15;1-2-15-13-9-5-3-7-11(13)12-8-4-6-10-14(12)15;1-2-11-9(12)7-5-3-4-6-8(7)10(11)13;5*1-3-9(2)10-7-5-4-6-8-10/h3-10H,2H2,1H3;2*3-10H,2H2,1H3;3-10H,2H2,1H3;3-6H,2H2,1H3;5*4-9H,3H2,1-2H3. The first kappa shape index (κ1) is 96.5. The van der Waals surface area contributed by atoms with Crippen LogP contribution in [0.4, 0.5) is 22.7 Å². The Morgan fingerprint density at radius 3 is 0.748 bits per heavy atom. The van der Waals surface area contributed by atoms with Crippen LogP contribution >= 0.6 is 11.8 Å². The summed E-state index contributed by atoms with van der Waals surface area (Å²) >= 11 is 1.86. The van der Waals surface area contributed by atoms with Gasteiger partial charge in [0, 0.05) is 75.1 Å². The van der Waals surface area contributed by atoms with Crippen LogP contribution in [0.2, 0.25) is 0 Å². The number of carbonyl (C=O) groups is 2. The summed E-state index contributed by atoms with van der Waals surface area (Å²) in [5, 5.41) is 4.31. The average Bonchev–Trinajstić information content (AvgIpc) is 1.76. The second kappa shape index (κ2) is 50.4. The van der Waals surface area contributed by atoms with E-state index in [0.717, 1.165) is 70.9 Å². The molecule has 5 unspecified atom stereocenters. The number of nitrogens with zero attached hydrogens (tertiary/aromatic N) is 5. The van der Waals surface area contributed by atoms with Crippen LogP contribution < -0.4 is 20.0 Å². The van der Waals surface area contributed by atoms with Gasteiger partial charge in [0.15, 0.2) is 16.9 Å². The maximum Gasteiger partial charge on any atom is 0.261 e. The molecule has 0 bridgehead atoms. The molecule has 2 amide bonds. The molecule has 127 heavy (non-hydrogen) atoms. The molecule has 3 aliphatic rings. The molecule has 14 aromatic carbocycles. The fourth-order valence-electron chi connectivity index (χ4n) is 15.6. The van der Waals surface area contributed by atoms with Crippen LogP contribution in [0.15, 0.2) is 385 Å². The second-order valence-corrected chi connectivity index (χ2v) is 33.0. The van der Waals surface area contributed by atoms with E-state index in [1.165, 1.54) is 108 Å². The van der Waals surface area contributed by atoms with Gasteiger partial charge in [-0.1, -0.05) is 354 Å². The molecule has 5 atom stereocenters. The lowest BCUT2D eigenvalue weighted by Gasteiger charge is -2.31. The Bertz CT molecular complexity index is 5470. The molecule has 10 heteroatoms. The van der Waals surface area contributed by atoms with E-state index in [1.807, 2.05) is 96.7 Å². The van der Waals surface area contributed by atoms with Crippen LogP contribution in [0, 0.1) is 0 Å². The van der Waals surface area contributed by atoms with Crippen molar-refractivity contribution in [3.63, 3.8) is 0 Å². The summed E-state index contributed by atoms with van der Waals surface area (Å²) < 4.78 is 10.4. The molecule has 5 heterocycles. The number of imide groups is 1. The number of rotatable bonds is 15. The number of para-hydroxylation sites is 10. The number of amides is 2. The number of benzene rings is 14. The van der Waals surface area contributed by atoms with Gasteiger partial charge in [-0.15, -0.1) is 0 Å². The predicted octanol–water partition coefficient (Wildman–Crippen LogP) is 32.6. The molecule has 0 radical (unpaired) electrons. The topological polar surface area (TPSA) is 80.0 Å². The van der Waals surface area contributed by atoms with Gasteiger partial charge in [-0.2, -0.15) is 0 Å². The summed E-state index contributed by atoms with van der Waals surface area (Å²) in [6, 6.07) is 126. The molecule has 16 aromatic rings. The van der Waals surface area contributed by atoms with Crippen LogP contribution in [0.3, 0.4) is 0 Å². The van der Waals surface area contributed by atoms with Crippen LogP contribution in [-0.4, -0.2) is 45.5 Å². The highest BCUT2D eigenvalue weighted by Crippen LogP contribution is 2.48. The summed E-state index contributed by atoms with van der Waals surface area (Å²) in [6.07, 6.45) is 6.13.